The molecule has 0 spiro atoms. The molecule has 0 heterocycles. The number of unbranched alkanes of at least 4 members (excludes halogenated alkanes) is 1. The molecule has 0 amide bonds. The van der Waals surface area contributed by atoms with Crippen molar-refractivity contribution >= 4 is 14.0 Å². The van der Waals surface area contributed by atoms with Gasteiger partial charge in [0, 0.05) is 0 Å². The van der Waals surface area contributed by atoms with Crippen molar-refractivity contribution in [3.8, 4) is 0 Å². The topological polar surface area (TPSA) is 0 Å². The Kier molecular flexibility index (Phi) is 6.57. The van der Waals surface area contributed by atoms with Gasteiger partial charge in [0.15, 0.2) is 0 Å². The van der Waals surface area contributed by atoms with Crippen molar-refractivity contribution in [3.63, 3.8) is 0 Å². The molecule has 0 aliphatic rings. The molecule has 0 atom stereocenters. The highest BCUT2D eigenvalue weighted by atomic mass is 28.3. The average molecular weight is 274 g/mol. The monoisotopic (exact) mass is 273 g/mol. The van der Waals surface area contributed by atoms with Gasteiger partial charge in [-0.05, 0) is 17.9 Å². The fourth-order valence-electron chi connectivity index (χ4n) is 2.62. The third-order valence-corrected chi connectivity index (χ3v) is 6.84. The molecule has 1 aromatic rings. The Morgan fingerprint density at radius 3 is 2.16 bits per heavy atom. The minimum absolute atomic E-state index is 0.376. The van der Waals surface area contributed by atoms with Crippen LogP contribution in [0.4, 0.5) is 0 Å². The third-order valence-electron chi connectivity index (χ3n) is 3.33. The van der Waals surface area contributed by atoms with Crippen molar-refractivity contribution in [3.05, 3.63) is 41.6 Å². The van der Waals surface area contributed by atoms with Crippen LogP contribution in [0.15, 0.2) is 41.6 Å². The molecule has 0 saturated carbocycles. The van der Waals surface area contributed by atoms with Crippen LogP contribution in [-0.2, 0) is 0 Å². The van der Waals surface area contributed by atoms with Crippen LogP contribution in [0.3, 0.4) is 0 Å². The van der Waals surface area contributed by atoms with E-state index in [0.29, 0.717) is 5.04 Å². The highest BCUT2D eigenvalue weighted by Gasteiger charge is 2.31. The fourth-order valence-corrected chi connectivity index (χ4v) is 6.20. The molecule has 0 bridgehead atoms. The Labute approximate surface area is 121 Å². The zero-order chi connectivity index (χ0) is 14.3. The van der Waals surface area contributed by atoms with Gasteiger partial charge in [0.2, 0.25) is 0 Å². The predicted molar refractivity (Wildman–Crippen MR) is 89.4 cm³/mol. The van der Waals surface area contributed by atoms with Gasteiger partial charge in [0.05, 0.1) is 0 Å². The van der Waals surface area contributed by atoms with Crippen LogP contribution in [0.1, 0.15) is 60.3 Å². The molecule has 105 valence electrons. The predicted octanol–water partition coefficient (Wildman–Crippen LogP) is 5.25. The van der Waals surface area contributed by atoms with E-state index in [9.17, 15) is 0 Å². The molecule has 1 radical (unpaired) electrons. The van der Waals surface area contributed by atoms with Crippen LogP contribution in [0.5, 0.6) is 0 Å². The lowest BCUT2D eigenvalue weighted by Gasteiger charge is -2.32. The summed E-state index contributed by atoms with van der Waals surface area (Å²) in [5.41, 5.74) is 0. The summed E-state index contributed by atoms with van der Waals surface area (Å²) < 4.78 is 0. The standard InChI is InChI=1S/C18H29Si/c1-6-8-13-16(12-7-2)19(18(3,4)5)17-14-10-9-11-15-17/h9-11,13-15H,6-8,12H2,1-5H3/b16-13+. The molecule has 1 heteroatoms. The van der Waals surface area contributed by atoms with Gasteiger partial charge in [-0.25, -0.2) is 0 Å². The van der Waals surface area contributed by atoms with Crippen LogP contribution < -0.4 is 5.19 Å². The van der Waals surface area contributed by atoms with Crippen molar-refractivity contribution in [1.29, 1.82) is 0 Å². The second-order valence-electron chi connectivity index (χ2n) is 6.26. The van der Waals surface area contributed by atoms with Crippen LogP contribution in [0.25, 0.3) is 0 Å². The minimum Gasteiger partial charge on any atom is -0.0890 e. The molecule has 0 aromatic heterocycles. The maximum atomic E-state index is 2.54. The van der Waals surface area contributed by atoms with Crippen molar-refractivity contribution in [2.24, 2.45) is 0 Å². The number of allylic oxidation sites excluding steroid dienone is 2. The highest BCUT2D eigenvalue weighted by molar-refractivity contribution is 6.82. The summed E-state index contributed by atoms with van der Waals surface area (Å²) in [7, 11) is -0.650. The molecule has 0 N–H and O–H groups in total. The largest absolute Gasteiger partial charge is 0.121 e. The Hall–Kier alpha value is -0.823. The first-order valence-electron chi connectivity index (χ1n) is 7.63. The highest BCUT2D eigenvalue weighted by Crippen LogP contribution is 2.32. The van der Waals surface area contributed by atoms with Gasteiger partial charge in [-0.3, -0.25) is 0 Å². The average Bonchev–Trinajstić information content (AvgIpc) is 2.36. The number of hydrogen-bond acceptors (Lipinski definition) is 0. The molecular weight excluding hydrogens is 244 g/mol. The Morgan fingerprint density at radius 1 is 1.05 bits per heavy atom. The van der Waals surface area contributed by atoms with E-state index >= 15 is 0 Å². The maximum Gasteiger partial charge on any atom is 0.121 e. The van der Waals surface area contributed by atoms with Gasteiger partial charge < -0.3 is 0 Å². The zero-order valence-electron chi connectivity index (χ0n) is 13.3. The molecule has 0 unspecified atom stereocenters. The van der Waals surface area contributed by atoms with Gasteiger partial charge in [0.1, 0.15) is 8.80 Å². The minimum atomic E-state index is -0.650. The van der Waals surface area contributed by atoms with Gasteiger partial charge in [-0.1, -0.05) is 94.3 Å². The first kappa shape index (κ1) is 16.2. The van der Waals surface area contributed by atoms with Crippen LogP contribution in [0, 0.1) is 0 Å². The Bertz CT molecular complexity index is 384. The zero-order valence-corrected chi connectivity index (χ0v) is 14.3. The van der Waals surface area contributed by atoms with Gasteiger partial charge in [-0.2, -0.15) is 0 Å². The van der Waals surface area contributed by atoms with Crippen molar-refractivity contribution in [2.45, 2.75) is 65.3 Å². The van der Waals surface area contributed by atoms with Gasteiger partial charge in [0.25, 0.3) is 0 Å². The van der Waals surface area contributed by atoms with E-state index in [2.05, 4.69) is 71.0 Å². The first-order valence-corrected chi connectivity index (χ1v) is 9.13. The van der Waals surface area contributed by atoms with Crippen LogP contribution >= 0.6 is 0 Å². The van der Waals surface area contributed by atoms with E-state index in [1.54, 1.807) is 10.4 Å². The number of rotatable bonds is 6. The number of benzene rings is 1. The first-order chi connectivity index (χ1) is 9.00. The summed E-state index contributed by atoms with van der Waals surface area (Å²) in [4.78, 5) is 0. The van der Waals surface area contributed by atoms with E-state index in [4.69, 9.17) is 0 Å². The van der Waals surface area contributed by atoms with E-state index < -0.39 is 8.80 Å². The van der Waals surface area contributed by atoms with Crippen molar-refractivity contribution < 1.29 is 0 Å². The van der Waals surface area contributed by atoms with E-state index in [0.717, 1.165) is 0 Å². The molecular formula is C18H29Si. The van der Waals surface area contributed by atoms with E-state index in [1.807, 2.05) is 0 Å². The van der Waals surface area contributed by atoms with E-state index in [1.165, 1.54) is 25.7 Å². The van der Waals surface area contributed by atoms with Crippen LogP contribution in [0.2, 0.25) is 5.04 Å². The second-order valence-corrected chi connectivity index (χ2v) is 9.73. The second kappa shape index (κ2) is 7.69. The molecule has 1 aromatic carbocycles. The van der Waals surface area contributed by atoms with E-state index in [-0.39, 0.29) is 0 Å². The normalized spacial score (nSPS) is 13.1. The summed E-state index contributed by atoms with van der Waals surface area (Å²) in [6.45, 7) is 11.8. The Balaban J connectivity index is 3.15. The summed E-state index contributed by atoms with van der Waals surface area (Å²) in [5, 5.41) is 3.67. The third kappa shape index (κ3) is 4.98. The van der Waals surface area contributed by atoms with Crippen molar-refractivity contribution in [2.75, 3.05) is 0 Å². The summed E-state index contributed by atoms with van der Waals surface area (Å²) in [6.07, 6.45) is 7.54. The SMILES string of the molecule is CCC/C=C(\CCC)[Si](c1ccccc1)C(C)(C)C. The molecule has 0 nitrogen and oxygen atoms in total. The number of hydrogen-bond donors (Lipinski definition) is 0. The van der Waals surface area contributed by atoms with Crippen molar-refractivity contribution in [1.82, 2.24) is 0 Å². The lowest BCUT2D eigenvalue weighted by atomic mass is 10.2. The maximum absolute atomic E-state index is 2.54. The smallest absolute Gasteiger partial charge is 0.0890 e. The summed E-state index contributed by atoms with van der Waals surface area (Å²) >= 11 is 0. The molecule has 0 fully saturated rings. The van der Waals surface area contributed by atoms with Gasteiger partial charge in [-0.15, -0.1) is 0 Å². The molecule has 0 saturated heterocycles. The lowest BCUT2D eigenvalue weighted by molar-refractivity contribution is 0.740. The van der Waals surface area contributed by atoms with Crippen LogP contribution in [-0.4, -0.2) is 8.80 Å². The molecule has 1 rings (SSSR count). The lowest BCUT2D eigenvalue weighted by Crippen LogP contribution is -2.40. The molecule has 0 aliphatic carbocycles. The molecule has 0 aliphatic heterocycles. The Morgan fingerprint density at radius 2 is 1.68 bits per heavy atom. The summed E-state index contributed by atoms with van der Waals surface area (Å²) in [6, 6.07) is 11.2. The quantitative estimate of drug-likeness (QED) is 0.621. The fraction of sp³-hybridized carbons (Fsp3) is 0.556. The summed E-state index contributed by atoms with van der Waals surface area (Å²) in [5.74, 6) is 0. The molecule has 19 heavy (non-hydrogen) atoms. The van der Waals surface area contributed by atoms with Gasteiger partial charge >= 0.3 is 0 Å².